The molecule has 6 heteroatoms. The van der Waals surface area contributed by atoms with E-state index in [1.54, 1.807) is 12.1 Å². The SMILES string of the molecule is CC[C@H](C)c1ccccc1NC(=O)COC(=O)CNC(=O)c1cc(C)cc(C)c1. The van der Waals surface area contributed by atoms with E-state index in [4.69, 9.17) is 4.74 Å². The molecule has 2 N–H and O–H groups in total. The second-order valence-electron chi connectivity index (χ2n) is 7.16. The number of hydrogen-bond acceptors (Lipinski definition) is 4. The summed E-state index contributed by atoms with van der Waals surface area (Å²) >= 11 is 0. The van der Waals surface area contributed by atoms with Gasteiger partial charge in [0.2, 0.25) is 0 Å². The van der Waals surface area contributed by atoms with Crippen LogP contribution in [0.1, 0.15) is 53.2 Å². The van der Waals surface area contributed by atoms with E-state index in [1.807, 2.05) is 44.2 Å². The third kappa shape index (κ3) is 6.75. The Balaban J connectivity index is 1.82. The van der Waals surface area contributed by atoms with Gasteiger partial charge in [-0.15, -0.1) is 0 Å². The molecule has 0 bridgehead atoms. The highest BCUT2D eigenvalue weighted by Gasteiger charge is 2.14. The molecule has 0 aliphatic carbocycles. The van der Waals surface area contributed by atoms with Gasteiger partial charge in [-0.1, -0.05) is 49.2 Å². The van der Waals surface area contributed by atoms with Crippen LogP contribution < -0.4 is 10.6 Å². The zero-order valence-electron chi connectivity index (χ0n) is 17.4. The van der Waals surface area contributed by atoms with Gasteiger partial charge in [0, 0.05) is 11.3 Å². The summed E-state index contributed by atoms with van der Waals surface area (Å²) in [6.07, 6.45) is 0.946. The lowest BCUT2D eigenvalue weighted by molar-refractivity contribution is -0.146. The maximum absolute atomic E-state index is 12.2. The lowest BCUT2D eigenvalue weighted by atomic mass is 9.97. The Bertz CT molecular complexity index is 872. The van der Waals surface area contributed by atoms with E-state index in [9.17, 15) is 14.4 Å². The summed E-state index contributed by atoms with van der Waals surface area (Å²) in [5, 5.41) is 5.29. The van der Waals surface area contributed by atoms with Crippen LogP contribution in [-0.2, 0) is 14.3 Å². The second-order valence-corrected chi connectivity index (χ2v) is 7.16. The van der Waals surface area contributed by atoms with E-state index < -0.39 is 18.5 Å². The molecule has 0 saturated heterocycles. The first-order chi connectivity index (χ1) is 13.8. The lowest BCUT2D eigenvalue weighted by Crippen LogP contribution is -2.32. The van der Waals surface area contributed by atoms with Crippen molar-refractivity contribution in [3.05, 3.63) is 64.7 Å². The molecule has 0 fully saturated rings. The van der Waals surface area contributed by atoms with Crippen molar-refractivity contribution in [1.29, 1.82) is 0 Å². The molecule has 2 aromatic rings. The summed E-state index contributed by atoms with van der Waals surface area (Å²) in [6, 6.07) is 13.0. The summed E-state index contributed by atoms with van der Waals surface area (Å²) in [4.78, 5) is 36.2. The standard InChI is InChI=1S/C23H28N2O4/c1-5-17(4)19-8-6-7-9-20(19)25-21(26)14-29-22(27)13-24-23(28)18-11-15(2)10-16(3)12-18/h6-12,17H,5,13-14H2,1-4H3,(H,24,28)(H,25,26)/t17-/m0/s1. The number of anilines is 1. The zero-order valence-corrected chi connectivity index (χ0v) is 17.4. The van der Waals surface area contributed by atoms with Crippen LogP contribution in [0.5, 0.6) is 0 Å². The number of carbonyl (C=O) groups excluding carboxylic acids is 3. The van der Waals surface area contributed by atoms with Crippen LogP contribution in [0.3, 0.4) is 0 Å². The fourth-order valence-corrected chi connectivity index (χ4v) is 3.00. The molecule has 0 aliphatic rings. The van der Waals surface area contributed by atoms with E-state index in [2.05, 4.69) is 24.5 Å². The first kappa shape index (κ1) is 22.1. The molecule has 0 heterocycles. The molecule has 0 spiro atoms. The monoisotopic (exact) mass is 396 g/mol. The van der Waals surface area contributed by atoms with Gasteiger partial charge >= 0.3 is 5.97 Å². The molecule has 29 heavy (non-hydrogen) atoms. The number of esters is 1. The molecule has 1 atom stereocenters. The summed E-state index contributed by atoms with van der Waals surface area (Å²) in [6.45, 7) is 7.25. The fraction of sp³-hybridized carbons (Fsp3) is 0.348. The first-order valence-electron chi connectivity index (χ1n) is 9.71. The van der Waals surface area contributed by atoms with E-state index >= 15 is 0 Å². The van der Waals surface area contributed by atoms with Crippen LogP contribution in [0.25, 0.3) is 0 Å². The van der Waals surface area contributed by atoms with E-state index in [1.165, 1.54) is 0 Å². The van der Waals surface area contributed by atoms with Gasteiger partial charge in [-0.05, 0) is 49.9 Å². The molecular formula is C23H28N2O4. The van der Waals surface area contributed by atoms with E-state index in [-0.39, 0.29) is 12.5 Å². The molecule has 0 aromatic heterocycles. The number of para-hydroxylation sites is 1. The molecule has 0 aliphatic heterocycles. The van der Waals surface area contributed by atoms with Gasteiger partial charge in [-0.2, -0.15) is 0 Å². The largest absolute Gasteiger partial charge is 0.454 e. The minimum atomic E-state index is -0.673. The summed E-state index contributed by atoms with van der Waals surface area (Å²) in [5.41, 5.74) is 4.16. The summed E-state index contributed by atoms with van der Waals surface area (Å²) in [7, 11) is 0. The predicted octanol–water partition coefficient (Wildman–Crippen LogP) is 3.73. The van der Waals surface area contributed by atoms with Gasteiger partial charge < -0.3 is 15.4 Å². The Morgan fingerprint density at radius 2 is 1.69 bits per heavy atom. The van der Waals surface area contributed by atoms with Gasteiger partial charge in [0.25, 0.3) is 11.8 Å². The summed E-state index contributed by atoms with van der Waals surface area (Å²) in [5.74, 6) is -1.15. The van der Waals surface area contributed by atoms with Crippen LogP contribution in [0.4, 0.5) is 5.69 Å². The Kier molecular flexibility index (Phi) is 7.95. The molecule has 0 saturated carbocycles. The molecule has 2 rings (SSSR count). The molecule has 2 amide bonds. The third-order valence-corrected chi connectivity index (χ3v) is 4.62. The topological polar surface area (TPSA) is 84.5 Å². The number of rotatable bonds is 8. The quantitative estimate of drug-likeness (QED) is 0.666. The minimum absolute atomic E-state index is 0.300. The van der Waals surface area contributed by atoms with Crippen LogP contribution in [-0.4, -0.2) is 30.9 Å². The van der Waals surface area contributed by atoms with Gasteiger partial charge in [-0.25, -0.2) is 0 Å². The average molecular weight is 396 g/mol. The highest BCUT2D eigenvalue weighted by atomic mass is 16.5. The smallest absolute Gasteiger partial charge is 0.325 e. The molecule has 0 radical (unpaired) electrons. The second kappa shape index (κ2) is 10.4. The Labute approximate surface area is 171 Å². The Hall–Kier alpha value is -3.15. The van der Waals surface area contributed by atoms with Crippen LogP contribution >= 0.6 is 0 Å². The van der Waals surface area contributed by atoms with Crippen molar-refractivity contribution in [3.63, 3.8) is 0 Å². The Morgan fingerprint density at radius 1 is 1.03 bits per heavy atom. The zero-order chi connectivity index (χ0) is 21.4. The van der Waals surface area contributed by atoms with E-state index in [0.717, 1.165) is 23.1 Å². The number of aryl methyl sites for hydroxylation is 2. The third-order valence-electron chi connectivity index (χ3n) is 4.62. The number of ether oxygens (including phenoxy) is 1. The van der Waals surface area contributed by atoms with Crippen molar-refractivity contribution in [3.8, 4) is 0 Å². The van der Waals surface area contributed by atoms with Crippen molar-refractivity contribution in [2.24, 2.45) is 0 Å². The molecule has 6 nitrogen and oxygen atoms in total. The van der Waals surface area contributed by atoms with Gasteiger partial charge in [0.05, 0.1) is 0 Å². The molecule has 0 unspecified atom stereocenters. The van der Waals surface area contributed by atoms with Gasteiger partial charge in [0.1, 0.15) is 6.54 Å². The van der Waals surface area contributed by atoms with Crippen LogP contribution in [0.15, 0.2) is 42.5 Å². The minimum Gasteiger partial charge on any atom is -0.454 e. The summed E-state index contributed by atoms with van der Waals surface area (Å²) < 4.78 is 4.97. The normalized spacial score (nSPS) is 11.4. The van der Waals surface area contributed by atoms with Gasteiger partial charge in [0.15, 0.2) is 6.61 Å². The molecular weight excluding hydrogens is 368 g/mol. The van der Waals surface area contributed by atoms with Crippen molar-refractivity contribution < 1.29 is 19.1 Å². The number of amides is 2. The van der Waals surface area contributed by atoms with Crippen LogP contribution in [0, 0.1) is 13.8 Å². The number of carbonyl (C=O) groups is 3. The maximum Gasteiger partial charge on any atom is 0.325 e. The number of nitrogens with one attached hydrogen (secondary N) is 2. The van der Waals surface area contributed by atoms with Crippen molar-refractivity contribution in [2.75, 3.05) is 18.5 Å². The lowest BCUT2D eigenvalue weighted by Gasteiger charge is -2.15. The maximum atomic E-state index is 12.2. The van der Waals surface area contributed by atoms with Crippen molar-refractivity contribution in [1.82, 2.24) is 5.32 Å². The fourth-order valence-electron chi connectivity index (χ4n) is 3.00. The number of benzene rings is 2. The molecule has 2 aromatic carbocycles. The van der Waals surface area contributed by atoms with Crippen molar-refractivity contribution in [2.45, 2.75) is 40.0 Å². The van der Waals surface area contributed by atoms with Crippen LogP contribution in [0.2, 0.25) is 0 Å². The highest BCUT2D eigenvalue weighted by molar-refractivity contribution is 5.97. The first-order valence-corrected chi connectivity index (χ1v) is 9.71. The van der Waals surface area contributed by atoms with E-state index in [0.29, 0.717) is 17.2 Å². The Morgan fingerprint density at radius 3 is 2.34 bits per heavy atom. The molecule has 154 valence electrons. The average Bonchev–Trinajstić information content (AvgIpc) is 2.69. The predicted molar refractivity (Wildman–Crippen MR) is 113 cm³/mol. The highest BCUT2D eigenvalue weighted by Crippen LogP contribution is 2.26. The number of hydrogen-bond donors (Lipinski definition) is 2. The van der Waals surface area contributed by atoms with Gasteiger partial charge in [-0.3, -0.25) is 14.4 Å². The van der Waals surface area contributed by atoms with Crippen molar-refractivity contribution >= 4 is 23.5 Å².